The lowest BCUT2D eigenvalue weighted by molar-refractivity contribution is 0.0246. The maximum absolute atomic E-state index is 12.2. The van der Waals surface area contributed by atoms with Gasteiger partial charge in [-0.05, 0) is 50.2 Å². The lowest BCUT2D eigenvalue weighted by Crippen LogP contribution is -2.37. The maximum Gasteiger partial charge on any atom is 0.410 e. The summed E-state index contributed by atoms with van der Waals surface area (Å²) in [4.78, 5) is 25.9. The number of ether oxygens (including phenoxy) is 4. The Morgan fingerprint density at radius 2 is 1.67 bits per heavy atom. The summed E-state index contributed by atoms with van der Waals surface area (Å²) in [6.45, 7) is 9.16. The molecule has 0 aromatic heterocycles. The molecule has 1 saturated carbocycles. The van der Waals surface area contributed by atoms with E-state index >= 15 is 0 Å². The van der Waals surface area contributed by atoms with Crippen molar-refractivity contribution >= 4 is 12.2 Å². The first kappa shape index (κ1) is 25.8. The zero-order valence-electron chi connectivity index (χ0n) is 21.3. The standard InChI is InChI=1S/C28H36N2O6/c1-28(2,3)36-27(32)30-15-22-23(16-30)24(22)19-33-18-21-11-7-8-12-25(21)34-14-13-29-26(31)35-17-20-9-5-4-6-10-20/h4-12,22-24H,13-19H2,1-3H3,(H,29,31)/t22-,23+,24?. The minimum atomic E-state index is -0.473. The Kier molecular flexibility index (Phi) is 8.36. The van der Waals surface area contributed by atoms with Gasteiger partial charge in [0, 0.05) is 18.7 Å². The van der Waals surface area contributed by atoms with Crippen LogP contribution in [-0.4, -0.2) is 55.5 Å². The van der Waals surface area contributed by atoms with Crippen molar-refractivity contribution in [2.24, 2.45) is 17.8 Å². The lowest BCUT2D eigenvalue weighted by Gasteiger charge is -2.25. The van der Waals surface area contributed by atoms with E-state index in [1.165, 1.54) is 0 Å². The molecule has 2 aromatic rings. The zero-order valence-corrected chi connectivity index (χ0v) is 21.3. The van der Waals surface area contributed by atoms with Crippen LogP contribution in [0.15, 0.2) is 54.6 Å². The minimum absolute atomic E-state index is 0.223. The van der Waals surface area contributed by atoms with Gasteiger partial charge in [-0.15, -0.1) is 0 Å². The van der Waals surface area contributed by atoms with Crippen LogP contribution in [0.4, 0.5) is 9.59 Å². The van der Waals surface area contributed by atoms with E-state index in [0.717, 1.165) is 30.0 Å². The van der Waals surface area contributed by atoms with Gasteiger partial charge in [0.2, 0.25) is 0 Å². The van der Waals surface area contributed by atoms with Gasteiger partial charge in [-0.2, -0.15) is 0 Å². The number of hydrogen-bond donors (Lipinski definition) is 1. The highest BCUT2D eigenvalue weighted by Gasteiger charge is 2.57. The van der Waals surface area contributed by atoms with E-state index in [1.54, 1.807) is 0 Å². The highest BCUT2D eigenvalue weighted by atomic mass is 16.6. The highest BCUT2D eigenvalue weighted by molar-refractivity contribution is 5.69. The van der Waals surface area contributed by atoms with Crippen LogP contribution in [0.3, 0.4) is 0 Å². The summed E-state index contributed by atoms with van der Waals surface area (Å²) in [5.41, 5.74) is 1.43. The lowest BCUT2D eigenvalue weighted by atomic mass is 10.2. The third-order valence-electron chi connectivity index (χ3n) is 6.41. The molecular weight excluding hydrogens is 460 g/mol. The summed E-state index contributed by atoms with van der Waals surface area (Å²) >= 11 is 0. The van der Waals surface area contributed by atoms with E-state index in [-0.39, 0.29) is 12.7 Å². The van der Waals surface area contributed by atoms with E-state index in [0.29, 0.717) is 44.1 Å². The SMILES string of the molecule is CC(C)(C)OC(=O)N1C[C@@H]2C(COCc3ccccc3OCCNC(=O)OCc3ccccc3)[C@@H]2C1. The number of fused-ring (bicyclic) bond motifs is 1. The number of likely N-dealkylation sites (tertiary alicyclic amines) is 1. The Labute approximate surface area is 212 Å². The number of alkyl carbamates (subject to hydrolysis) is 1. The maximum atomic E-state index is 12.2. The first-order valence-electron chi connectivity index (χ1n) is 12.5. The Bertz CT molecular complexity index is 1010. The molecule has 0 spiro atoms. The highest BCUT2D eigenvalue weighted by Crippen LogP contribution is 2.52. The number of piperidine rings is 1. The molecule has 3 atom stereocenters. The molecule has 36 heavy (non-hydrogen) atoms. The Hall–Kier alpha value is -3.26. The van der Waals surface area contributed by atoms with Crippen molar-refractivity contribution in [3.05, 3.63) is 65.7 Å². The molecule has 4 rings (SSSR count). The van der Waals surface area contributed by atoms with Gasteiger partial charge in [-0.1, -0.05) is 48.5 Å². The van der Waals surface area contributed by atoms with Crippen LogP contribution in [0.5, 0.6) is 5.75 Å². The Balaban J connectivity index is 1.11. The van der Waals surface area contributed by atoms with Crippen molar-refractivity contribution in [2.45, 2.75) is 39.6 Å². The molecule has 1 N–H and O–H groups in total. The van der Waals surface area contributed by atoms with E-state index in [4.69, 9.17) is 18.9 Å². The molecule has 8 heteroatoms. The van der Waals surface area contributed by atoms with Gasteiger partial charge >= 0.3 is 12.2 Å². The van der Waals surface area contributed by atoms with Crippen LogP contribution in [0, 0.1) is 17.8 Å². The van der Waals surface area contributed by atoms with E-state index in [9.17, 15) is 9.59 Å². The van der Waals surface area contributed by atoms with Crippen LogP contribution < -0.4 is 10.1 Å². The van der Waals surface area contributed by atoms with Crippen LogP contribution in [0.25, 0.3) is 0 Å². The second-order valence-corrected chi connectivity index (χ2v) is 10.3. The van der Waals surface area contributed by atoms with Crippen LogP contribution in [0.2, 0.25) is 0 Å². The van der Waals surface area contributed by atoms with Gasteiger partial charge in [0.1, 0.15) is 24.6 Å². The van der Waals surface area contributed by atoms with Crippen molar-refractivity contribution in [1.29, 1.82) is 0 Å². The average Bonchev–Trinajstić information content (AvgIpc) is 3.28. The molecule has 194 valence electrons. The number of hydrogen-bond acceptors (Lipinski definition) is 6. The molecule has 8 nitrogen and oxygen atoms in total. The fourth-order valence-corrected chi connectivity index (χ4v) is 4.53. The number of nitrogens with zero attached hydrogens (tertiary/aromatic N) is 1. The molecule has 1 aliphatic carbocycles. The molecule has 1 heterocycles. The second-order valence-electron chi connectivity index (χ2n) is 10.3. The van der Waals surface area contributed by atoms with Gasteiger partial charge in [-0.3, -0.25) is 0 Å². The van der Waals surface area contributed by atoms with Gasteiger partial charge in [0.25, 0.3) is 0 Å². The monoisotopic (exact) mass is 496 g/mol. The quantitative estimate of drug-likeness (QED) is 0.483. The zero-order chi connectivity index (χ0) is 25.5. The van der Waals surface area contributed by atoms with Gasteiger partial charge in [0.15, 0.2) is 0 Å². The molecule has 0 radical (unpaired) electrons. The summed E-state index contributed by atoms with van der Waals surface area (Å²) in [6.07, 6.45) is -0.696. The number of carbonyl (C=O) groups is 2. The molecule has 2 amide bonds. The summed E-state index contributed by atoms with van der Waals surface area (Å²) in [6, 6.07) is 17.3. The normalized spacial score (nSPS) is 20.4. The number of para-hydroxylation sites is 1. The van der Waals surface area contributed by atoms with E-state index in [2.05, 4.69) is 5.32 Å². The van der Waals surface area contributed by atoms with Crippen molar-refractivity contribution in [3.8, 4) is 5.75 Å². The number of rotatable bonds is 10. The van der Waals surface area contributed by atoms with Crippen LogP contribution in [-0.2, 0) is 27.4 Å². The largest absolute Gasteiger partial charge is 0.491 e. The first-order valence-corrected chi connectivity index (χ1v) is 12.5. The first-order chi connectivity index (χ1) is 17.3. The third kappa shape index (κ3) is 7.37. The van der Waals surface area contributed by atoms with Crippen LogP contribution >= 0.6 is 0 Å². The molecule has 1 aliphatic heterocycles. The fraction of sp³-hybridized carbons (Fsp3) is 0.500. The summed E-state index contributed by atoms with van der Waals surface area (Å²) in [5, 5.41) is 2.70. The molecule has 1 unspecified atom stereocenters. The number of carbonyl (C=O) groups excluding carboxylic acids is 2. The topological polar surface area (TPSA) is 86.3 Å². The predicted molar refractivity (Wildman–Crippen MR) is 134 cm³/mol. The van der Waals surface area contributed by atoms with Crippen molar-refractivity contribution in [1.82, 2.24) is 10.2 Å². The molecule has 1 saturated heterocycles. The van der Waals surface area contributed by atoms with Gasteiger partial charge in [-0.25, -0.2) is 9.59 Å². The molecule has 0 bridgehead atoms. The van der Waals surface area contributed by atoms with E-state index < -0.39 is 11.7 Å². The molecule has 2 fully saturated rings. The fourth-order valence-electron chi connectivity index (χ4n) is 4.53. The smallest absolute Gasteiger partial charge is 0.410 e. The summed E-state index contributed by atoms with van der Waals surface area (Å²) in [5.74, 6) is 2.22. The third-order valence-corrected chi connectivity index (χ3v) is 6.41. The average molecular weight is 497 g/mol. The Morgan fingerprint density at radius 1 is 0.972 bits per heavy atom. The van der Waals surface area contributed by atoms with Crippen molar-refractivity contribution in [2.75, 3.05) is 32.8 Å². The van der Waals surface area contributed by atoms with Crippen LogP contribution in [0.1, 0.15) is 31.9 Å². The molecule has 2 aliphatic rings. The summed E-state index contributed by atoms with van der Waals surface area (Å²) in [7, 11) is 0. The molecular formula is C28H36N2O6. The van der Waals surface area contributed by atoms with Crippen molar-refractivity contribution in [3.63, 3.8) is 0 Å². The van der Waals surface area contributed by atoms with Gasteiger partial charge in [0.05, 0.1) is 19.8 Å². The molecule has 2 aromatic carbocycles. The number of benzene rings is 2. The summed E-state index contributed by atoms with van der Waals surface area (Å²) < 4.78 is 22.6. The number of nitrogens with one attached hydrogen (secondary N) is 1. The van der Waals surface area contributed by atoms with Gasteiger partial charge < -0.3 is 29.2 Å². The predicted octanol–water partition coefficient (Wildman–Crippen LogP) is 4.62. The van der Waals surface area contributed by atoms with E-state index in [1.807, 2.05) is 80.3 Å². The minimum Gasteiger partial charge on any atom is -0.491 e. The number of amides is 2. The second kappa shape index (κ2) is 11.6. The Morgan fingerprint density at radius 3 is 2.39 bits per heavy atom. The van der Waals surface area contributed by atoms with Crippen molar-refractivity contribution < 1.29 is 28.5 Å².